The molecule has 1 heterocycles. The average molecular weight is 293 g/mol. The molecular weight excluding hydrogens is 287 g/mol. The maximum absolute atomic E-state index is 13.7. The highest BCUT2D eigenvalue weighted by Gasteiger charge is 2.10. The predicted molar refractivity (Wildman–Crippen MR) is 64.9 cm³/mol. The third-order valence-corrected chi connectivity index (χ3v) is 2.97. The molecule has 0 saturated heterocycles. The van der Waals surface area contributed by atoms with Crippen LogP contribution in [0.5, 0.6) is 0 Å². The Morgan fingerprint density at radius 1 is 1.06 bits per heavy atom. The minimum absolute atomic E-state index is 0.156. The van der Waals surface area contributed by atoms with Crippen LogP contribution in [0.4, 0.5) is 4.39 Å². The van der Waals surface area contributed by atoms with Crippen molar-refractivity contribution in [2.45, 2.75) is 0 Å². The smallest absolute Gasteiger partial charge is 0.170 e. The molecule has 17 heavy (non-hydrogen) atoms. The van der Waals surface area contributed by atoms with Crippen LogP contribution < -0.4 is 0 Å². The van der Waals surface area contributed by atoms with Crippen LogP contribution in [-0.2, 0) is 0 Å². The summed E-state index contributed by atoms with van der Waals surface area (Å²) in [5.41, 5.74) is 2.22. The van der Waals surface area contributed by atoms with E-state index in [4.69, 9.17) is 0 Å². The Bertz CT molecular complexity index is 696. The summed E-state index contributed by atoms with van der Waals surface area (Å²) in [7, 11) is 0. The number of benzene rings is 2. The zero-order valence-electron chi connectivity index (χ0n) is 8.52. The van der Waals surface area contributed by atoms with E-state index in [0.717, 1.165) is 15.6 Å². The van der Waals surface area contributed by atoms with Gasteiger partial charge in [0.25, 0.3) is 0 Å². The Morgan fingerprint density at radius 2 is 1.94 bits per heavy atom. The number of halogens is 2. The summed E-state index contributed by atoms with van der Waals surface area (Å²) < 4.78 is 19.1. The molecule has 0 aliphatic heterocycles. The quantitative estimate of drug-likeness (QED) is 0.685. The Morgan fingerprint density at radius 3 is 2.76 bits per heavy atom. The molecule has 5 heteroatoms. The van der Waals surface area contributed by atoms with Crippen LogP contribution in [-0.4, -0.2) is 10.3 Å². The second-order valence-electron chi connectivity index (χ2n) is 3.60. The Hall–Kier alpha value is -1.75. The van der Waals surface area contributed by atoms with Crippen LogP contribution in [0.25, 0.3) is 22.2 Å². The lowest BCUT2D eigenvalue weighted by Gasteiger charge is -2.02. The van der Waals surface area contributed by atoms with Gasteiger partial charge in [0.2, 0.25) is 0 Å². The highest BCUT2D eigenvalue weighted by Crippen LogP contribution is 2.27. The summed E-state index contributed by atoms with van der Waals surface area (Å²) in [6.07, 6.45) is 0. The van der Waals surface area contributed by atoms with Crippen LogP contribution in [0.2, 0.25) is 0 Å². The van der Waals surface area contributed by atoms with E-state index in [0.29, 0.717) is 5.52 Å². The first-order valence-corrected chi connectivity index (χ1v) is 5.71. The SMILES string of the molecule is Fc1cc(-c2cccc(Br)c2)cc2nonc12. The lowest BCUT2D eigenvalue weighted by atomic mass is 10.1. The largest absolute Gasteiger partial charge is 0.243 e. The van der Waals surface area contributed by atoms with Gasteiger partial charge in [0.1, 0.15) is 5.52 Å². The average Bonchev–Trinajstić information content (AvgIpc) is 2.77. The number of aromatic nitrogens is 2. The first kappa shape index (κ1) is 10.4. The molecule has 3 aromatic rings. The Kier molecular flexibility index (Phi) is 2.40. The van der Waals surface area contributed by atoms with Crippen molar-refractivity contribution in [3.8, 4) is 11.1 Å². The van der Waals surface area contributed by atoms with Gasteiger partial charge in [-0.15, -0.1) is 0 Å². The zero-order chi connectivity index (χ0) is 11.8. The molecule has 0 atom stereocenters. The van der Waals surface area contributed by atoms with Gasteiger partial charge in [-0.2, -0.15) is 0 Å². The number of hydrogen-bond acceptors (Lipinski definition) is 3. The highest BCUT2D eigenvalue weighted by atomic mass is 79.9. The maximum atomic E-state index is 13.7. The first-order valence-electron chi connectivity index (χ1n) is 4.92. The van der Waals surface area contributed by atoms with Gasteiger partial charge in [-0.1, -0.05) is 28.1 Å². The van der Waals surface area contributed by atoms with E-state index in [1.54, 1.807) is 6.07 Å². The molecule has 0 bridgehead atoms. The van der Waals surface area contributed by atoms with Gasteiger partial charge >= 0.3 is 0 Å². The predicted octanol–water partition coefficient (Wildman–Crippen LogP) is 3.79. The molecule has 0 N–H and O–H groups in total. The number of rotatable bonds is 1. The van der Waals surface area contributed by atoms with E-state index < -0.39 is 5.82 Å². The van der Waals surface area contributed by atoms with Gasteiger partial charge in [0.15, 0.2) is 11.3 Å². The molecule has 2 aromatic carbocycles. The molecule has 0 aliphatic carbocycles. The van der Waals surface area contributed by atoms with Gasteiger partial charge in [0.05, 0.1) is 0 Å². The van der Waals surface area contributed by atoms with Crippen molar-refractivity contribution in [1.82, 2.24) is 10.3 Å². The molecule has 1 aromatic heterocycles. The van der Waals surface area contributed by atoms with E-state index in [-0.39, 0.29) is 5.52 Å². The van der Waals surface area contributed by atoms with Crippen LogP contribution in [0.15, 0.2) is 45.5 Å². The third-order valence-electron chi connectivity index (χ3n) is 2.47. The fourth-order valence-corrected chi connectivity index (χ4v) is 2.08. The normalized spacial score (nSPS) is 10.9. The second-order valence-corrected chi connectivity index (χ2v) is 4.52. The Labute approximate surface area is 104 Å². The van der Waals surface area contributed by atoms with Gasteiger partial charge in [-0.05, 0) is 45.7 Å². The third kappa shape index (κ3) is 1.82. The fourth-order valence-electron chi connectivity index (χ4n) is 1.68. The van der Waals surface area contributed by atoms with Gasteiger partial charge in [-0.3, -0.25) is 0 Å². The van der Waals surface area contributed by atoms with Crippen molar-refractivity contribution in [3.63, 3.8) is 0 Å². The molecular formula is C12H6BrFN2O. The van der Waals surface area contributed by atoms with Crippen LogP contribution in [0.3, 0.4) is 0 Å². The molecule has 0 saturated carbocycles. The van der Waals surface area contributed by atoms with Crippen molar-refractivity contribution in [2.75, 3.05) is 0 Å². The second kappa shape index (κ2) is 3.92. The Balaban J connectivity index is 2.23. The fraction of sp³-hybridized carbons (Fsp3) is 0. The summed E-state index contributed by atoms with van der Waals surface area (Å²) in [5, 5.41) is 7.15. The molecule has 0 aliphatic rings. The van der Waals surface area contributed by atoms with Crippen LogP contribution in [0.1, 0.15) is 0 Å². The lowest BCUT2D eigenvalue weighted by molar-refractivity contribution is 0.314. The molecule has 0 radical (unpaired) electrons. The first-order chi connectivity index (χ1) is 8.24. The van der Waals surface area contributed by atoms with E-state index in [2.05, 4.69) is 30.9 Å². The summed E-state index contributed by atoms with van der Waals surface area (Å²) in [4.78, 5) is 0. The van der Waals surface area contributed by atoms with Gasteiger partial charge < -0.3 is 0 Å². The van der Waals surface area contributed by atoms with Gasteiger partial charge in [0, 0.05) is 4.47 Å². The summed E-state index contributed by atoms with van der Waals surface area (Å²) in [6.45, 7) is 0. The number of hydrogen-bond donors (Lipinski definition) is 0. The summed E-state index contributed by atoms with van der Waals surface area (Å²) >= 11 is 3.38. The minimum atomic E-state index is -0.432. The molecule has 0 unspecified atom stereocenters. The topological polar surface area (TPSA) is 38.9 Å². The van der Waals surface area contributed by atoms with Crippen molar-refractivity contribution >= 4 is 27.0 Å². The molecule has 3 rings (SSSR count). The van der Waals surface area contributed by atoms with E-state index in [1.165, 1.54) is 6.07 Å². The molecule has 0 spiro atoms. The molecule has 0 fully saturated rings. The van der Waals surface area contributed by atoms with E-state index in [1.807, 2.05) is 24.3 Å². The molecule has 84 valence electrons. The van der Waals surface area contributed by atoms with Crippen molar-refractivity contribution in [3.05, 3.63) is 46.7 Å². The highest BCUT2D eigenvalue weighted by molar-refractivity contribution is 9.10. The number of nitrogens with zero attached hydrogens (tertiary/aromatic N) is 2. The lowest BCUT2D eigenvalue weighted by Crippen LogP contribution is -1.83. The molecule has 3 nitrogen and oxygen atoms in total. The van der Waals surface area contributed by atoms with Crippen LogP contribution >= 0.6 is 15.9 Å². The standard InChI is InChI=1S/C12H6BrFN2O/c13-9-3-1-2-7(4-9)8-5-10(14)12-11(6-8)15-17-16-12/h1-6H. The van der Waals surface area contributed by atoms with E-state index in [9.17, 15) is 4.39 Å². The maximum Gasteiger partial charge on any atom is 0.170 e. The van der Waals surface area contributed by atoms with Crippen LogP contribution in [0, 0.1) is 5.82 Å². The van der Waals surface area contributed by atoms with Gasteiger partial charge in [-0.25, -0.2) is 9.02 Å². The summed E-state index contributed by atoms with van der Waals surface area (Å²) in [6, 6.07) is 10.8. The zero-order valence-corrected chi connectivity index (χ0v) is 10.1. The van der Waals surface area contributed by atoms with Crippen molar-refractivity contribution in [1.29, 1.82) is 0 Å². The number of fused-ring (bicyclic) bond motifs is 1. The van der Waals surface area contributed by atoms with E-state index >= 15 is 0 Å². The van der Waals surface area contributed by atoms with Crippen molar-refractivity contribution in [2.24, 2.45) is 0 Å². The molecule has 0 amide bonds. The summed E-state index contributed by atoms with van der Waals surface area (Å²) in [5.74, 6) is -0.432. The minimum Gasteiger partial charge on any atom is -0.243 e. The van der Waals surface area contributed by atoms with Crippen molar-refractivity contribution < 1.29 is 9.02 Å². The monoisotopic (exact) mass is 292 g/mol.